The second kappa shape index (κ2) is 7.97. The van der Waals surface area contributed by atoms with E-state index in [9.17, 15) is 22.0 Å². The maximum atomic E-state index is 13.5. The number of nitrogens with zero attached hydrogens (tertiary/aromatic N) is 1. The smallest absolute Gasteiger partial charge is 0.254 e. The number of benzene rings is 2. The molecule has 152 valence electrons. The third kappa shape index (κ3) is 5.14. The van der Waals surface area contributed by atoms with Crippen LogP contribution in [0.2, 0.25) is 0 Å². The topological polar surface area (TPSA) is 66.5 Å². The van der Waals surface area contributed by atoms with Crippen LogP contribution in [0, 0.1) is 11.6 Å². The van der Waals surface area contributed by atoms with E-state index in [-0.39, 0.29) is 16.4 Å². The first kappa shape index (κ1) is 22.0. The van der Waals surface area contributed by atoms with Crippen molar-refractivity contribution in [3.63, 3.8) is 0 Å². The number of amides is 1. The molecule has 1 amide bonds. The standard InChI is InChI=1S/C20H24F2N2O3S/c1-13(15-8-11-17(21)18(22)12-15)24(5)19(25)14-6-9-16(10-7-14)28(26,27)23-20(2,3)4/h6-13,23H,1-5H3. The van der Waals surface area contributed by atoms with Gasteiger partial charge in [0.2, 0.25) is 10.0 Å². The lowest BCUT2D eigenvalue weighted by molar-refractivity contribution is 0.0742. The van der Waals surface area contributed by atoms with Crippen molar-refractivity contribution in [2.45, 2.75) is 44.2 Å². The summed E-state index contributed by atoms with van der Waals surface area (Å²) in [7, 11) is -2.16. The van der Waals surface area contributed by atoms with E-state index in [1.807, 2.05) is 0 Å². The zero-order valence-electron chi connectivity index (χ0n) is 16.5. The predicted octanol–water partition coefficient (Wildman–Crippen LogP) is 3.87. The maximum Gasteiger partial charge on any atom is 0.254 e. The van der Waals surface area contributed by atoms with Gasteiger partial charge in [0, 0.05) is 18.2 Å². The van der Waals surface area contributed by atoms with Crippen LogP contribution < -0.4 is 4.72 Å². The van der Waals surface area contributed by atoms with Crippen LogP contribution in [-0.4, -0.2) is 31.8 Å². The van der Waals surface area contributed by atoms with Crippen molar-refractivity contribution < 1.29 is 22.0 Å². The van der Waals surface area contributed by atoms with Crippen LogP contribution in [-0.2, 0) is 10.0 Å². The molecule has 0 aliphatic carbocycles. The average Bonchev–Trinajstić information content (AvgIpc) is 2.60. The van der Waals surface area contributed by atoms with E-state index in [0.29, 0.717) is 5.56 Å². The molecule has 2 rings (SSSR count). The summed E-state index contributed by atoms with van der Waals surface area (Å²) in [6.07, 6.45) is 0. The number of hydrogen-bond donors (Lipinski definition) is 1. The predicted molar refractivity (Wildman–Crippen MR) is 103 cm³/mol. The minimum absolute atomic E-state index is 0.0512. The molecule has 8 heteroatoms. The van der Waals surface area contributed by atoms with Gasteiger partial charge >= 0.3 is 0 Å². The summed E-state index contributed by atoms with van der Waals surface area (Å²) in [4.78, 5) is 14.1. The zero-order chi connectivity index (χ0) is 21.3. The highest BCUT2D eigenvalue weighted by Crippen LogP contribution is 2.23. The maximum absolute atomic E-state index is 13.5. The van der Waals surface area contributed by atoms with Crippen molar-refractivity contribution in [1.29, 1.82) is 0 Å². The van der Waals surface area contributed by atoms with Gasteiger partial charge in [-0.15, -0.1) is 0 Å². The minimum atomic E-state index is -3.70. The number of carbonyl (C=O) groups is 1. The molecule has 0 saturated carbocycles. The van der Waals surface area contributed by atoms with Crippen molar-refractivity contribution in [3.05, 3.63) is 65.2 Å². The number of nitrogens with one attached hydrogen (secondary N) is 1. The Kier molecular flexibility index (Phi) is 6.25. The van der Waals surface area contributed by atoms with E-state index in [0.717, 1.165) is 12.1 Å². The Morgan fingerprint density at radius 1 is 1.04 bits per heavy atom. The molecule has 0 saturated heterocycles. The molecule has 0 aliphatic rings. The molecule has 0 radical (unpaired) electrons. The SMILES string of the molecule is CC(c1ccc(F)c(F)c1)N(C)C(=O)c1ccc(S(=O)(=O)NC(C)(C)C)cc1. The third-order valence-corrected chi connectivity index (χ3v) is 5.95. The van der Waals surface area contributed by atoms with E-state index in [4.69, 9.17) is 0 Å². The van der Waals surface area contributed by atoms with Crippen molar-refractivity contribution >= 4 is 15.9 Å². The van der Waals surface area contributed by atoms with Gasteiger partial charge in [0.25, 0.3) is 5.91 Å². The van der Waals surface area contributed by atoms with E-state index >= 15 is 0 Å². The first-order chi connectivity index (χ1) is 12.8. The van der Waals surface area contributed by atoms with Gasteiger partial charge in [-0.25, -0.2) is 21.9 Å². The molecule has 1 N–H and O–H groups in total. The van der Waals surface area contributed by atoms with Crippen LogP contribution in [0.4, 0.5) is 8.78 Å². The molecule has 28 heavy (non-hydrogen) atoms. The highest BCUT2D eigenvalue weighted by Gasteiger charge is 2.24. The Morgan fingerprint density at radius 2 is 1.61 bits per heavy atom. The van der Waals surface area contributed by atoms with E-state index in [1.54, 1.807) is 34.7 Å². The average molecular weight is 410 g/mol. The molecule has 0 bridgehead atoms. The van der Waals surface area contributed by atoms with Gasteiger partial charge in [0.15, 0.2) is 11.6 Å². The number of halogens is 2. The normalized spacial score (nSPS) is 13.2. The summed E-state index contributed by atoms with van der Waals surface area (Å²) >= 11 is 0. The highest BCUT2D eigenvalue weighted by atomic mass is 32.2. The van der Waals surface area contributed by atoms with Crippen LogP contribution in [0.25, 0.3) is 0 Å². The first-order valence-corrected chi connectivity index (χ1v) is 10.2. The fourth-order valence-corrected chi connectivity index (χ4v) is 4.03. The number of carbonyl (C=O) groups excluding carboxylic acids is 1. The lowest BCUT2D eigenvalue weighted by Crippen LogP contribution is -2.40. The summed E-state index contributed by atoms with van der Waals surface area (Å²) in [6.45, 7) is 6.89. The summed E-state index contributed by atoms with van der Waals surface area (Å²) in [5.41, 5.74) is 0.0999. The second-order valence-corrected chi connectivity index (χ2v) is 9.33. The lowest BCUT2D eigenvalue weighted by Gasteiger charge is -2.25. The summed E-state index contributed by atoms with van der Waals surface area (Å²) in [5, 5.41) is 0. The minimum Gasteiger partial charge on any atom is -0.335 e. The van der Waals surface area contributed by atoms with Gasteiger partial charge < -0.3 is 4.90 Å². The molecule has 0 aliphatic heterocycles. The molecular weight excluding hydrogens is 386 g/mol. The number of hydrogen-bond acceptors (Lipinski definition) is 3. The molecule has 1 unspecified atom stereocenters. The Balaban J connectivity index is 2.21. The fraction of sp³-hybridized carbons (Fsp3) is 0.350. The molecule has 0 heterocycles. The van der Waals surface area contributed by atoms with Crippen LogP contribution in [0.15, 0.2) is 47.4 Å². The molecule has 0 aromatic heterocycles. The third-order valence-electron chi connectivity index (χ3n) is 4.18. The Morgan fingerprint density at radius 3 is 2.11 bits per heavy atom. The van der Waals surface area contributed by atoms with Gasteiger partial charge in [-0.05, 0) is 69.7 Å². The van der Waals surface area contributed by atoms with Gasteiger partial charge in [-0.2, -0.15) is 0 Å². The number of sulfonamides is 1. The molecule has 1 atom stereocenters. The van der Waals surface area contributed by atoms with Gasteiger partial charge in [-0.3, -0.25) is 4.79 Å². The largest absolute Gasteiger partial charge is 0.335 e. The van der Waals surface area contributed by atoms with E-state index in [1.165, 1.54) is 35.2 Å². The Bertz CT molecular complexity index is 968. The quantitative estimate of drug-likeness (QED) is 0.814. The zero-order valence-corrected chi connectivity index (χ0v) is 17.3. The molecule has 0 fully saturated rings. The first-order valence-electron chi connectivity index (χ1n) is 8.68. The van der Waals surface area contributed by atoms with Gasteiger partial charge in [0.1, 0.15) is 0 Å². The molecule has 2 aromatic carbocycles. The highest BCUT2D eigenvalue weighted by molar-refractivity contribution is 7.89. The van der Waals surface area contributed by atoms with Crippen molar-refractivity contribution in [2.24, 2.45) is 0 Å². The van der Waals surface area contributed by atoms with E-state index in [2.05, 4.69) is 4.72 Å². The van der Waals surface area contributed by atoms with Gasteiger partial charge in [0.05, 0.1) is 10.9 Å². The van der Waals surface area contributed by atoms with Crippen LogP contribution in [0.1, 0.15) is 49.7 Å². The van der Waals surface area contributed by atoms with Gasteiger partial charge in [-0.1, -0.05) is 6.07 Å². The van der Waals surface area contributed by atoms with Crippen LogP contribution >= 0.6 is 0 Å². The fourth-order valence-electron chi connectivity index (χ4n) is 2.61. The molecular formula is C20H24F2N2O3S. The summed E-state index contributed by atoms with van der Waals surface area (Å²) in [6, 6.07) is 8.55. The van der Waals surface area contributed by atoms with Crippen molar-refractivity contribution in [1.82, 2.24) is 9.62 Å². The molecule has 5 nitrogen and oxygen atoms in total. The van der Waals surface area contributed by atoms with Crippen molar-refractivity contribution in [2.75, 3.05) is 7.05 Å². The van der Waals surface area contributed by atoms with Crippen LogP contribution in [0.3, 0.4) is 0 Å². The summed E-state index contributed by atoms with van der Waals surface area (Å²) in [5.74, 6) is -2.30. The number of rotatable bonds is 5. The Labute approximate surface area is 164 Å². The lowest BCUT2D eigenvalue weighted by atomic mass is 10.1. The van der Waals surface area contributed by atoms with Crippen LogP contribution in [0.5, 0.6) is 0 Å². The monoisotopic (exact) mass is 410 g/mol. The second-order valence-electron chi connectivity index (χ2n) is 7.65. The van der Waals surface area contributed by atoms with E-state index < -0.39 is 33.2 Å². The molecule has 2 aromatic rings. The molecule has 0 spiro atoms. The summed E-state index contributed by atoms with van der Waals surface area (Å²) < 4.78 is 53.8. The van der Waals surface area contributed by atoms with Crippen molar-refractivity contribution in [3.8, 4) is 0 Å². The Hall–Kier alpha value is -2.32.